The fraction of sp³-hybridized carbons (Fsp3) is 0.353. The van der Waals surface area contributed by atoms with E-state index in [1.165, 1.54) is 18.4 Å². The van der Waals surface area contributed by atoms with Gasteiger partial charge >= 0.3 is 6.18 Å². The zero-order chi connectivity index (χ0) is 21.1. The molecule has 2 amide bonds. The number of benzene rings is 1. The summed E-state index contributed by atoms with van der Waals surface area (Å²) in [4.78, 5) is 29.5. The molecule has 3 N–H and O–H groups in total. The smallest absolute Gasteiger partial charge is 0.378 e. The Morgan fingerprint density at radius 1 is 1.25 bits per heavy atom. The number of carbonyl (C=O) groups is 2. The van der Waals surface area contributed by atoms with Crippen molar-refractivity contribution in [1.82, 2.24) is 15.8 Å². The van der Waals surface area contributed by atoms with E-state index in [1.54, 1.807) is 37.2 Å². The summed E-state index contributed by atoms with van der Waals surface area (Å²) in [5, 5.41) is 10.8. The van der Waals surface area contributed by atoms with Gasteiger partial charge in [0.05, 0.1) is 6.42 Å². The number of alkyl halides is 3. The summed E-state index contributed by atoms with van der Waals surface area (Å²) in [5.41, 5.74) is 1.71. The summed E-state index contributed by atoms with van der Waals surface area (Å²) in [6.45, 7) is 1.47. The molecule has 0 saturated heterocycles. The Morgan fingerprint density at radius 3 is 2.46 bits per heavy atom. The first kappa shape index (κ1) is 21.6. The quantitative estimate of drug-likeness (QED) is 0.649. The second-order valence-corrected chi connectivity index (χ2v) is 7.13. The van der Waals surface area contributed by atoms with Gasteiger partial charge in [0.15, 0.2) is 0 Å². The third-order valence-electron chi connectivity index (χ3n) is 3.80. The summed E-state index contributed by atoms with van der Waals surface area (Å²) >= 11 is 0.598. The highest BCUT2D eigenvalue weighted by Gasteiger charge is 2.58. The van der Waals surface area contributed by atoms with Crippen LogP contribution in [0.5, 0.6) is 0 Å². The molecule has 0 aliphatic rings. The molecule has 0 bridgehead atoms. The van der Waals surface area contributed by atoms with Crippen LogP contribution in [0.25, 0.3) is 0 Å². The number of nitrogens with zero attached hydrogens (tertiary/aromatic N) is 2. The molecule has 1 heterocycles. The number of rotatable bonds is 5. The van der Waals surface area contributed by atoms with E-state index in [9.17, 15) is 27.9 Å². The van der Waals surface area contributed by atoms with Crippen LogP contribution in [0.2, 0.25) is 0 Å². The minimum Gasteiger partial charge on any atom is -0.378 e. The monoisotopic (exact) mass is 416 g/mol. The molecule has 0 spiro atoms. The molecule has 2 rings (SSSR count). The number of hydrogen-bond donors (Lipinski definition) is 3. The Bertz CT molecular complexity index is 869. The molecule has 0 fully saturated rings. The number of anilines is 1. The number of carbonyl (C=O) groups excluding carboxylic acids is 2. The lowest BCUT2D eigenvalue weighted by Crippen LogP contribution is -2.49. The number of hydrogen-bond acceptors (Lipinski definition) is 6. The highest BCUT2D eigenvalue weighted by molar-refractivity contribution is 7.09. The van der Waals surface area contributed by atoms with Gasteiger partial charge in [0.25, 0.3) is 5.91 Å². The number of amides is 2. The second-order valence-electron chi connectivity index (χ2n) is 6.28. The van der Waals surface area contributed by atoms with Crippen molar-refractivity contribution < 1.29 is 27.9 Å². The molecular formula is C17H19F3N4O3S. The standard InChI is InChI=1S/C17H19F3N4O3S/c1-10-9-28-15(21-10)16(27,17(18,19)20)8-13(25)22-23-14(26)11-5-4-6-12(7-11)24(2)3/h4-7,9,27H,8H2,1-3H3,(H,22,25)(H,23,26). The summed E-state index contributed by atoms with van der Waals surface area (Å²) in [6.07, 6.45) is -6.47. The van der Waals surface area contributed by atoms with Gasteiger partial charge in [0.1, 0.15) is 5.01 Å². The van der Waals surface area contributed by atoms with Crippen LogP contribution >= 0.6 is 11.3 Å². The Kier molecular flexibility index (Phi) is 6.30. The van der Waals surface area contributed by atoms with E-state index in [1.807, 2.05) is 10.9 Å². The van der Waals surface area contributed by atoms with Gasteiger partial charge < -0.3 is 10.0 Å². The van der Waals surface area contributed by atoms with Crippen molar-refractivity contribution in [2.45, 2.75) is 25.1 Å². The van der Waals surface area contributed by atoms with Crippen molar-refractivity contribution in [2.75, 3.05) is 19.0 Å². The highest BCUT2D eigenvalue weighted by atomic mass is 32.1. The van der Waals surface area contributed by atoms with Crippen LogP contribution in [0.1, 0.15) is 27.5 Å². The zero-order valence-electron chi connectivity index (χ0n) is 15.3. The predicted octanol–water partition coefficient (Wildman–Crippen LogP) is 2.12. The minimum absolute atomic E-state index is 0.202. The molecule has 1 unspecified atom stereocenters. The number of nitrogens with one attached hydrogen (secondary N) is 2. The number of aliphatic hydroxyl groups is 1. The molecule has 1 aromatic heterocycles. The van der Waals surface area contributed by atoms with Gasteiger partial charge in [-0.05, 0) is 25.1 Å². The molecule has 28 heavy (non-hydrogen) atoms. The Balaban J connectivity index is 2.07. The van der Waals surface area contributed by atoms with Crippen LogP contribution in [0, 0.1) is 6.92 Å². The topological polar surface area (TPSA) is 94.6 Å². The Morgan fingerprint density at radius 2 is 1.93 bits per heavy atom. The molecule has 1 aromatic carbocycles. The first-order chi connectivity index (χ1) is 12.9. The average molecular weight is 416 g/mol. The third-order valence-corrected chi connectivity index (χ3v) is 4.91. The largest absolute Gasteiger partial charge is 0.424 e. The van der Waals surface area contributed by atoms with Gasteiger partial charge in [-0.15, -0.1) is 11.3 Å². The summed E-state index contributed by atoms with van der Waals surface area (Å²) < 4.78 is 40.2. The van der Waals surface area contributed by atoms with Crippen molar-refractivity contribution in [1.29, 1.82) is 0 Å². The maximum absolute atomic E-state index is 13.4. The first-order valence-corrected chi connectivity index (χ1v) is 8.90. The minimum atomic E-state index is -5.13. The van der Waals surface area contributed by atoms with Crippen LogP contribution in [0.4, 0.5) is 18.9 Å². The Labute approximate surface area is 163 Å². The van der Waals surface area contributed by atoms with Crippen molar-refractivity contribution >= 4 is 28.8 Å². The van der Waals surface area contributed by atoms with Gasteiger partial charge in [-0.1, -0.05) is 6.07 Å². The highest BCUT2D eigenvalue weighted by Crippen LogP contribution is 2.42. The summed E-state index contributed by atoms with van der Waals surface area (Å²) in [5.74, 6) is -1.93. The fourth-order valence-corrected chi connectivity index (χ4v) is 3.16. The van der Waals surface area contributed by atoms with Gasteiger partial charge in [0.2, 0.25) is 11.5 Å². The van der Waals surface area contributed by atoms with Gasteiger partial charge in [-0.3, -0.25) is 20.4 Å². The van der Waals surface area contributed by atoms with Crippen LogP contribution in [0.15, 0.2) is 29.6 Å². The fourth-order valence-electron chi connectivity index (χ4n) is 2.24. The van der Waals surface area contributed by atoms with E-state index in [2.05, 4.69) is 4.98 Å². The summed E-state index contributed by atoms with van der Waals surface area (Å²) in [7, 11) is 3.55. The Hall–Kier alpha value is -2.66. The number of aromatic nitrogens is 1. The van der Waals surface area contributed by atoms with E-state index in [0.717, 1.165) is 5.69 Å². The molecular weight excluding hydrogens is 397 g/mol. The van der Waals surface area contributed by atoms with Crippen molar-refractivity contribution in [3.8, 4) is 0 Å². The average Bonchev–Trinajstić information content (AvgIpc) is 3.05. The maximum Gasteiger partial charge on any atom is 0.424 e. The lowest BCUT2D eigenvalue weighted by Gasteiger charge is -2.27. The molecule has 0 radical (unpaired) electrons. The molecule has 0 aliphatic carbocycles. The molecule has 2 aromatic rings. The lowest BCUT2D eigenvalue weighted by atomic mass is 9.99. The van der Waals surface area contributed by atoms with Crippen molar-refractivity contribution in [3.05, 3.63) is 45.9 Å². The van der Waals surface area contributed by atoms with Crippen LogP contribution < -0.4 is 15.8 Å². The van der Waals surface area contributed by atoms with Gasteiger partial charge in [0, 0.05) is 36.4 Å². The number of halogens is 3. The van der Waals surface area contributed by atoms with Crippen LogP contribution in [0.3, 0.4) is 0 Å². The first-order valence-electron chi connectivity index (χ1n) is 8.02. The van der Waals surface area contributed by atoms with Crippen LogP contribution in [-0.2, 0) is 10.4 Å². The maximum atomic E-state index is 13.4. The number of hydrazine groups is 1. The summed E-state index contributed by atoms with van der Waals surface area (Å²) in [6, 6.07) is 6.42. The lowest BCUT2D eigenvalue weighted by molar-refractivity contribution is -0.267. The second kappa shape index (κ2) is 8.15. The predicted molar refractivity (Wildman–Crippen MR) is 97.8 cm³/mol. The van der Waals surface area contributed by atoms with Gasteiger partial charge in [-0.2, -0.15) is 13.2 Å². The van der Waals surface area contributed by atoms with Gasteiger partial charge in [-0.25, -0.2) is 4.98 Å². The van der Waals surface area contributed by atoms with E-state index in [4.69, 9.17) is 0 Å². The normalized spacial score (nSPS) is 13.5. The molecule has 1 atom stereocenters. The number of thiazole rings is 1. The van der Waals surface area contributed by atoms with Crippen LogP contribution in [-0.4, -0.2) is 42.2 Å². The van der Waals surface area contributed by atoms with Crippen molar-refractivity contribution in [2.24, 2.45) is 0 Å². The number of aryl methyl sites for hydroxylation is 1. The van der Waals surface area contributed by atoms with E-state index in [0.29, 0.717) is 11.3 Å². The van der Waals surface area contributed by atoms with Crippen molar-refractivity contribution in [3.63, 3.8) is 0 Å². The molecule has 7 nitrogen and oxygen atoms in total. The zero-order valence-corrected chi connectivity index (χ0v) is 16.1. The third kappa shape index (κ3) is 4.78. The SMILES string of the molecule is Cc1csc(C(O)(CC(=O)NNC(=O)c2cccc(N(C)C)c2)C(F)(F)F)n1. The molecule has 0 saturated carbocycles. The molecule has 152 valence electrons. The molecule has 11 heteroatoms. The van der Waals surface area contributed by atoms with E-state index < -0.39 is 35.0 Å². The van der Waals surface area contributed by atoms with E-state index in [-0.39, 0.29) is 11.3 Å². The molecule has 0 aliphatic heterocycles. The van der Waals surface area contributed by atoms with E-state index >= 15 is 0 Å².